The molecule has 8 heteroatoms. The van der Waals surface area contributed by atoms with Gasteiger partial charge in [-0.2, -0.15) is 0 Å². The van der Waals surface area contributed by atoms with Crippen LogP contribution in [0.1, 0.15) is 63.5 Å². The number of halogens is 1. The molecular weight excluding hydrogens is 421 g/mol. The van der Waals surface area contributed by atoms with Crippen molar-refractivity contribution in [1.29, 1.82) is 0 Å². The summed E-state index contributed by atoms with van der Waals surface area (Å²) in [5.74, 6) is -0.543. The van der Waals surface area contributed by atoms with Gasteiger partial charge in [0.05, 0.1) is 17.8 Å². The van der Waals surface area contributed by atoms with Crippen LogP contribution in [0.4, 0.5) is 10.1 Å². The molecule has 6 N–H and O–H groups in total. The topological polar surface area (TPSA) is 100 Å². The van der Waals surface area contributed by atoms with Crippen molar-refractivity contribution in [3.05, 3.63) is 34.6 Å². The number of aryl methyl sites for hydroxylation is 1. The molecule has 1 aliphatic heterocycles. The summed E-state index contributed by atoms with van der Waals surface area (Å²) in [4.78, 5) is 12.9. The van der Waals surface area contributed by atoms with Gasteiger partial charge in [0.1, 0.15) is 12.0 Å². The first-order valence-electron chi connectivity index (χ1n) is 12.2. The Hall–Kier alpha value is -2.00. The lowest BCUT2D eigenvalue weighted by Crippen LogP contribution is -2.54. The SMILES string of the molecule is CCC(NC1CCCCC1)C(CNC1Nc2cc(F)c(C)cc2C=C1C(=O)NC(C)N)OC. The summed E-state index contributed by atoms with van der Waals surface area (Å²) in [5, 5.41) is 13.3. The predicted octanol–water partition coefficient (Wildman–Crippen LogP) is 3.00. The highest BCUT2D eigenvalue weighted by atomic mass is 19.1. The first-order valence-corrected chi connectivity index (χ1v) is 12.2. The number of hydrogen-bond donors (Lipinski definition) is 5. The monoisotopic (exact) mass is 461 g/mol. The summed E-state index contributed by atoms with van der Waals surface area (Å²) in [7, 11) is 1.72. The zero-order valence-corrected chi connectivity index (χ0v) is 20.3. The third-order valence-corrected chi connectivity index (χ3v) is 6.64. The van der Waals surface area contributed by atoms with Crippen molar-refractivity contribution in [1.82, 2.24) is 16.0 Å². The van der Waals surface area contributed by atoms with Crippen molar-refractivity contribution in [2.45, 2.75) is 89.8 Å². The van der Waals surface area contributed by atoms with Gasteiger partial charge in [-0.3, -0.25) is 10.1 Å². The summed E-state index contributed by atoms with van der Waals surface area (Å²) < 4.78 is 20.0. The molecule has 4 atom stereocenters. The van der Waals surface area contributed by atoms with E-state index in [9.17, 15) is 9.18 Å². The highest BCUT2D eigenvalue weighted by molar-refractivity contribution is 6.01. The first-order chi connectivity index (χ1) is 15.8. The maximum Gasteiger partial charge on any atom is 0.251 e. The minimum Gasteiger partial charge on any atom is -0.379 e. The Morgan fingerprint density at radius 2 is 2.03 bits per heavy atom. The van der Waals surface area contributed by atoms with E-state index in [1.54, 1.807) is 33.1 Å². The van der Waals surface area contributed by atoms with E-state index in [1.807, 2.05) is 0 Å². The van der Waals surface area contributed by atoms with Gasteiger partial charge in [0, 0.05) is 31.4 Å². The Balaban J connectivity index is 1.74. The highest BCUT2D eigenvalue weighted by Crippen LogP contribution is 2.29. The highest BCUT2D eigenvalue weighted by Gasteiger charge is 2.29. The number of hydrogen-bond acceptors (Lipinski definition) is 6. The average Bonchev–Trinajstić information content (AvgIpc) is 2.79. The molecule has 1 amide bonds. The van der Waals surface area contributed by atoms with Gasteiger partial charge in [0.25, 0.3) is 5.91 Å². The quantitative estimate of drug-likeness (QED) is 0.344. The van der Waals surface area contributed by atoms with Gasteiger partial charge in [0.15, 0.2) is 0 Å². The van der Waals surface area contributed by atoms with E-state index >= 15 is 0 Å². The number of methoxy groups -OCH3 is 1. The van der Waals surface area contributed by atoms with Crippen molar-refractivity contribution in [2.75, 3.05) is 19.0 Å². The van der Waals surface area contributed by atoms with E-state index in [4.69, 9.17) is 10.5 Å². The van der Waals surface area contributed by atoms with E-state index in [2.05, 4.69) is 28.2 Å². The van der Waals surface area contributed by atoms with Gasteiger partial charge < -0.3 is 26.4 Å². The van der Waals surface area contributed by atoms with Crippen LogP contribution in [0.2, 0.25) is 0 Å². The van der Waals surface area contributed by atoms with Crippen LogP contribution in [0, 0.1) is 12.7 Å². The zero-order chi connectivity index (χ0) is 24.0. The van der Waals surface area contributed by atoms with Crippen LogP contribution >= 0.6 is 0 Å². The van der Waals surface area contributed by atoms with Crippen molar-refractivity contribution in [2.24, 2.45) is 5.73 Å². The number of carbonyl (C=O) groups excluding carboxylic acids is 1. The van der Waals surface area contributed by atoms with Crippen molar-refractivity contribution < 1.29 is 13.9 Å². The number of nitrogens with two attached hydrogens (primary N) is 1. The van der Waals surface area contributed by atoms with Gasteiger partial charge in [0.2, 0.25) is 0 Å². The minimum absolute atomic E-state index is 0.0763. The van der Waals surface area contributed by atoms with Crippen LogP contribution in [-0.2, 0) is 9.53 Å². The van der Waals surface area contributed by atoms with Crippen LogP contribution in [-0.4, -0.2) is 50.1 Å². The van der Waals surface area contributed by atoms with Crippen LogP contribution < -0.4 is 27.0 Å². The summed E-state index contributed by atoms with van der Waals surface area (Å²) in [6.45, 7) is 6.12. The molecule has 184 valence electrons. The van der Waals surface area contributed by atoms with Crippen LogP contribution in [0.15, 0.2) is 17.7 Å². The summed E-state index contributed by atoms with van der Waals surface area (Å²) >= 11 is 0. The second kappa shape index (κ2) is 11.9. The largest absolute Gasteiger partial charge is 0.379 e. The Morgan fingerprint density at radius 3 is 2.67 bits per heavy atom. The Labute approximate surface area is 197 Å². The molecule has 0 aromatic heterocycles. The number of carbonyl (C=O) groups is 1. The van der Waals surface area contributed by atoms with E-state index < -0.39 is 12.3 Å². The molecule has 3 rings (SSSR count). The van der Waals surface area contributed by atoms with Gasteiger partial charge in [-0.05, 0) is 62.4 Å². The summed E-state index contributed by atoms with van der Waals surface area (Å²) in [5.41, 5.74) is 8.26. The molecule has 0 bridgehead atoms. The second-order valence-corrected chi connectivity index (χ2v) is 9.33. The lowest BCUT2D eigenvalue weighted by molar-refractivity contribution is -0.118. The summed E-state index contributed by atoms with van der Waals surface area (Å²) in [6.07, 6.45) is 7.96. The third kappa shape index (κ3) is 6.76. The first kappa shape index (κ1) is 25.6. The fourth-order valence-corrected chi connectivity index (χ4v) is 4.76. The number of ether oxygens (including phenoxy) is 1. The standard InChI is InChI=1S/C25H40FN5O2/c1-5-21(30-18-9-7-6-8-10-18)23(33-4)14-28-24-19(25(32)29-16(3)27)12-17-11-15(2)20(26)13-22(17)31-24/h11-13,16,18,21,23-24,28,30-31H,5-10,14,27H2,1-4H3,(H,29,32). The van der Waals surface area contributed by atoms with Gasteiger partial charge in [-0.1, -0.05) is 26.2 Å². The predicted molar refractivity (Wildman–Crippen MR) is 131 cm³/mol. The zero-order valence-electron chi connectivity index (χ0n) is 20.3. The number of fused-ring (bicyclic) bond motifs is 1. The van der Waals surface area contributed by atoms with E-state index in [0.29, 0.717) is 29.4 Å². The number of anilines is 1. The van der Waals surface area contributed by atoms with Crippen LogP contribution in [0.25, 0.3) is 6.08 Å². The summed E-state index contributed by atoms with van der Waals surface area (Å²) in [6, 6.07) is 3.95. The van der Waals surface area contributed by atoms with Crippen LogP contribution in [0.5, 0.6) is 0 Å². The number of amides is 1. The third-order valence-electron chi connectivity index (χ3n) is 6.64. The Kier molecular flexibility index (Phi) is 9.26. The molecule has 2 aliphatic rings. The fourth-order valence-electron chi connectivity index (χ4n) is 4.76. The molecule has 7 nitrogen and oxygen atoms in total. The molecule has 1 aromatic rings. The molecule has 33 heavy (non-hydrogen) atoms. The van der Waals surface area contributed by atoms with E-state index in [-0.39, 0.29) is 23.9 Å². The lowest BCUT2D eigenvalue weighted by atomic mass is 9.93. The molecular formula is C25H40FN5O2. The maximum absolute atomic E-state index is 14.2. The maximum atomic E-state index is 14.2. The number of rotatable bonds is 10. The molecule has 1 saturated carbocycles. The molecule has 0 radical (unpaired) electrons. The van der Waals surface area contributed by atoms with Crippen molar-refractivity contribution >= 4 is 17.7 Å². The molecule has 1 aliphatic carbocycles. The number of benzene rings is 1. The molecule has 0 spiro atoms. The van der Waals surface area contributed by atoms with E-state index in [1.165, 1.54) is 38.2 Å². The normalized spacial score (nSPS) is 21.4. The van der Waals surface area contributed by atoms with E-state index in [0.717, 1.165) is 12.0 Å². The molecule has 1 heterocycles. The Morgan fingerprint density at radius 1 is 1.30 bits per heavy atom. The molecule has 4 unspecified atom stereocenters. The van der Waals surface area contributed by atoms with Gasteiger partial charge in [-0.15, -0.1) is 0 Å². The minimum atomic E-state index is -0.497. The molecule has 0 saturated heterocycles. The van der Waals surface area contributed by atoms with Gasteiger partial charge >= 0.3 is 0 Å². The fraction of sp³-hybridized carbons (Fsp3) is 0.640. The van der Waals surface area contributed by atoms with Crippen molar-refractivity contribution in [3.63, 3.8) is 0 Å². The average molecular weight is 462 g/mol. The second-order valence-electron chi connectivity index (χ2n) is 9.33. The molecule has 1 fully saturated rings. The van der Waals surface area contributed by atoms with Crippen molar-refractivity contribution in [3.8, 4) is 0 Å². The number of nitrogens with one attached hydrogen (secondary N) is 4. The molecule has 1 aromatic carbocycles. The Bertz CT molecular complexity index is 838. The van der Waals surface area contributed by atoms with Gasteiger partial charge in [-0.25, -0.2) is 4.39 Å². The smallest absolute Gasteiger partial charge is 0.251 e. The lowest BCUT2D eigenvalue weighted by Gasteiger charge is -2.34. The van der Waals surface area contributed by atoms with Crippen LogP contribution in [0.3, 0.4) is 0 Å².